The highest BCUT2D eigenvalue weighted by Crippen LogP contribution is 2.27. The van der Waals surface area contributed by atoms with Crippen molar-refractivity contribution in [3.05, 3.63) is 29.8 Å². The smallest absolute Gasteiger partial charge is 0.333 e. The molecule has 1 heterocycles. The Balaban J connectivity index is 2.33. The average Bonchev–Trinajstić information content (AvgIpc) is 2.27. The molecule has 0 spiro atoms. The van der Waals surface area contributed by atoms with E-state index in [2.05, 4.69) is 18.6 Å². The maximum Gasteiger partial charge on any atom is 0.333 e. The molecular weight excluding hydrogens is 218 g/mol. The SMILES string of the molecule is CC(C)c1ccccc1N1CC(=O)OC(=O)C1. The van der Waals surface area contributed by atoms with E-state index < -0.39 is 11.9 Å². The second kappa shape index (κ2) is 4.57. The van der Waals surface area contributed by atoms with E-state index in [0.29, 0.717) is 5.92 Å². The molecule has 1 aliphatic rings. The van der Waals surface area contributed by atoms with Crippen molar-refractivity contribution >= 4 is 17.6 Å². The maximum absolute atomic E-state index is 11.3. The van der Waals surface area contributed by atoms with Crippen LogP contribution in [0.1, 0.15) is 25.3 Å². The van der Waals surface area contributed by atoms with E-state index in [1.54, 1.807) is 4.90 Å². The Morgan fingerprint density at radius 2 is 1.71 bits per heavy atom. The Morgan fingerprint density at radius 3 is 2.29 bits per heavy atom. The number of benzene rings is 1. The summed E-state index contributed by atoms with van der Waals surface area (Å²) in [6, 6.07) is 7.82. The summed E-state index contributed by atoms with van der Waals surface area (Å²) in [7, 11) is 0. The van der Waals surface area contributed by atoms with Crippen molar-refractivity contribution in [3.63, 3.8) is 0 Å². The summed E-state index contributed by atoms with van der Waals surface area (Å²) in [4.78, 5) is 24.3. The molecule has 0 amide bonds. The van der Waals surface area contributed by atoms with Crippen LogP contribution < -0.4 is 4.90 Å². The van der Waals surface area contributed by atoms with Crippen molar-refractivity contribution in [1.82, 2.24) is 0 Å². The lowest BCUT2D eigenvalue weighted by molar-refractivity contribution is -0.160. The van der Waals surface area contributed by atoms with Crippen LogP contribution >= 0.6 is 0 Å². The number of esters is 2. The zero-order chi connectivity index (χ0) is 12.4. The van der Waals surface area contributed by atoms with Crippen LogP contribution in [0.15, 0.2) is 24.3 Å². The average molecular weight is 233 g/mol. The van der Waals surface area contributed by atoms with E-state index in [1.807, 2.05) is 24.3 Å². The molecule has 0 N–H and O–H groups in total. The molecule has 0 aromatic heterocycles. The largest absolute Gasteiger partial charge is 0.390 e. The van der Waals surface area contributed by atoms with Crippen molar-refractivity contribution in [1.29, 1.82) is 0 Å². The number of hydrogen-bond acceptors (Lipinski definition) is 4. The van der Waals surface area contributed by atoms with Gasteiger partial charge in [-0.2, -0.15) is 0 Å². The van der Waals surface area contributed by atoms with Gasteiger partial charge < -0.3 is 9.64 Å². The number of carbonyl (C=O) groups excluding carboxylic acids is 2. The van der Waals surface area contributed by atoms with E-state index in [-0.39, 0.29) is 13.1 Å². The third-order valence-electron chi connectivity index (χ3n) is 2.77. The predicted molar refractivity (Wildman–Crippen MR) is 63.8 cm³/mol. The summed E-state index contributed by atoms with van der Waals surface area (Å²) in [5.74, 6) is -0.626. The van der Waals surface area contributed by atoms with Gasteiger partial charge in [0, 0.05) is 5.69 Å². The number of carbonyl (C=O) groups is 2. The van der Waals surface area contributed by atoms with Gasteiger partial charge in [0.05, 0.1) is 0 Å². The Kier molecular flexibility index (Phi) is 3.13. The Labute approximate surface area is 100 Å². The summed E-state index contributed by atoms with van der Waals surface area (Å²) in [5.41, 5.74) is 2.07. The van der Waals surface area contributed by atoms with Crippen LogP contribution in [0.4, 0.5) is 5.69 Å². The number of cyclic esters (lactones) is 2. The summed E-state index contributed by atoms with van der Waals surface area (Å²) >= 11 is 0. The molecule has 17 heavy (non-hydrogen) atoms. The van der Waals surface area contributed by atoms with Crippen LogP contribution in [-0.2, 0) is 14.3 Å². The minimum Gasteiger partial charge on any atom is -0.390 e. The van der Waals surface area contributed by atoms with Gasteiger partial charge in [-0.15, -0.1) is 0 Å². The van der Waals surface area contributed by atoms with Crippen molar-refractivity contribution < 1.29 is 14.3 Å². The van der Waals surface area contributed by atoms with Crippen LogP contribution in [0.2, 0.25) is 0 Å². The van der Waals surface area contributed by atoms with E-state index in [9.17, 15) is 9.59 Å². The number of para-hydroxylation sites is 1. The Bertz CT molecular complexity index is 438. The van der Waals surface area contributed by atoms with Crippen molar-refractivity contribution in [3.8, 4) is 0 Å². The summed E-state index contributed by atoms with van der Waals surface area (Å²) in [6.45, 7) is 4.44. The molecule has 0 saturated carbocycles. The van der Waals surface area contributed by atoms with Crippen LogP contribution in [0, 0.1) is 0 Å². The molecule has 0 radical (unpaired) electrons. The molecule has 1 aromatic rings. The first kappa shape index (κ1) is 11.6. The molecule has 0 atom stereocenters. The van der Waals surface area contributed by atoms with Crippen molar-refractivity contribution in [2.75, 3.05) is 18.0 Å². The number of morpholine rings is 1. The Hall–Kier alpha value is -1.84. The van der Waals surface area contributed by atoms with Gasteiger partial charge in [0.1, 0.15) is 13.1 Å². The molecule has 0 unspecified atom stereocenters. The van der Waals surface area contributed by atoms with E-state index >= 15 is 0 Å². The number of nitrogens with zero attached hydrogens (tertiary/aromatic N) is 1. The first-order valence-corrected chi connectivity index (χ1v) is 5.65. The van der Waals surface area contributed by atoms with Crippen LogP contribution in [-0.4, -0.2) is 25.0 Å². The van der Waals surface area contributed by atoms with E-state index in [1.165, 1.54) is 0 Å². The lowest BCUT2D eigenvalue weighted by atomic mass is 10.0. The highest BCUT2D eigenvalue weighted by molar-refractivity contribution is 5.94. The van der Waals surface area contributed by atoms with Crippen LogP contribution in [0.5, 0.6) is 0 Å². The number of ether oxygens (including phenoxy) is 1. The topological polar surface area (TPSA) is 46.6 Å². The molecule has 0 aliphatic carbocycles. The minimum absolute atomic E-state index is 0.134. The summed E-state index contributed by atoms with van der Waals surface area (Å²) < 4.78 is 4.52. The molecule has 4 heteroatoms. The molecule has 0 bridgehead atoms. The van der Waals surface area contributed by atoms with Crippen LogP contribution in [0.3, 0.4) is 0 Å². The molecule has 1 aliphatic heterocycles. The van der Waals surface area contributed by atoms with Gasteiger partial charge in [0.25, 0.3) is 0 Å². The normalized spacial score (nSPS) is 16.3. The first-order chi connectivity index (χ1) is 8.08. The molecule has 1 saturated heterocycles. The Morgan fingerprint density at radius 1 is 1.12 bits per heavy atom. The fraction of sp³-hybridized carbons (Fsp3) is 0.385. The molecule has 1 fully saturated rings. The van der Waals surface area contributed by atoms with Gasteiger partial charge in [-0.25, -0.2) is 9.59 Å². The van der Waals surface area contributed by atoms with Crippen molar-refractivity contribution in [2.45, 2.75) is 19.8 Å². The fourth-order valence-corrected chi connectivity index (χ4v) is 1.99. The zero-order valence-electron chi connectivity index (χ0n) is 9.97. The third-order valence-corrected chi connectivity index (χ3v) is 2.77. The minimum atomic E-state index is -0.486. The standard InChI is InChI=1S/C13H15NO3/c1-9(2)10-5-3-4-6-11(10)14-7-12(15)17-13(16)8-14/h3-6,9H,7-8H2,1-2H3. The molecule has 1 aromatic carbocycles. The van der Waals surface area contributed by atoms with E-state index in [4.69, 9.17) is 0 Å². The molecule has 4 nitrogen and oxygen atoms in total. The highest BCUT2D eigenvalue weighted by Gasteiger charge is 2.26. The second-order valence-electron chi connectivity index (χ2n) is 4.42. The predicted octanol–water partition coefficient (Wildman–Crippen LogP) is 1.70. The summed E-state index contributed by atoms with van der Waals surface area (Å²) in [5, 5.41) is 0. The maximum atomic E-state index is 11.3. The van der Waals surface area contributed by atoms with Gasteiger partial charge in [-0.3, -0.25) is 0 Å². The number of anilines is 1. The fourth-order valence-electron chi connectivity index (χ4n) is 1.99. The monoisotopic (exact) mass is 233 g/mol. The van der Waals surface area contributed by atoms with Gasteiger partial charge in [0.2, 0.25) is 0 Å². The molecule has 90 valence electrons. The molecular formula is C13H15NO3. The van der Waals surface area contributed by atoms with Gasteiger partial charge in [0.15, 0.2) is 0 Å². The van der Waals surface area contributed by atoms with E-state index in [0.717, 1.165) is 11.3 Å². The van der Waals surface area contributed by atoms with Gasteiger partial charge in [-0.05, 0) is 17.5 Å². The molecule has 2 rings (SSSR count). The quantitative estimate of drug-likeness (QED) is 0.576. The lowest BCUT2D eigenvalue weighted by Gasteiger charge is -2.29. The second-order valence-corrected chi connectivity index (χ2v) is 4.42. The number of hydrogen-bond donors (Lipinski definition) is 0. The van der Waals surface area contributed by atoms with Gasteiger partial charge >= 0.3 is 11.9 Å². The lowest BCUT2D eigenvalue weighted by Crippen LogP contribution is -2.43. The highest BCUT2D eigenvalue weighted by atomic mass is 16.6. The first-order valence-electron chi connectivity index (χ1n) is 5.65. The third kappa shape index (κ3) is 2.46. The van der Waals surface area contributed by atoms with Gasteiger partial charge in [-0.1, -0.05) is 32.0 Å². The van der Waals surface area contributed by atoms with Crippen LogP contribution in [0.25, 0.3) is 0 Å². The van der Waals surface area contributed by atoms with Crippen molar-refractivity contribution in [2.24, 2.45) is 0 Å². The number of rotatable bonds is 2. The zero-order valence-corrected chi connectivity index (χ0v) is 9.97. The summed E-state index contributed by atoms with van der Waals surface area (Å²) in [6.07, 6.45) is 0.